The average molecular weight is 361 g/mol. The van der Waals surface area contributed by atoms with E-state index in [2.05, 4.69) is 27.9 Å². The molecule has 1 amide bonds. The fourth-order valence-corrected chi connectivity index (χ4v) is 5.54. The highest BCUT2D eigenvalue weighted by atomic mass is 127. The predicted octanol–water partition coefficient (Wildman–Crippen LogP) is 3.53. The minimum atomic E-state index is 0.0546. The first-order chi connectivity index (χ1) is 8.72. The van der Waals surface area contributed by atoms with Crippen molar-refractivity contribution in [2.45, 2.75) is 51.4 Å². The van der Waals surface area contributed by atoms with Gasteiger partial charge in [0.05, 0.1) is 0 Å². The van der Waals surface area contributed by atoms with Gasteiger partial charge in [-0.25, -0.2) is 0 Å². The van der Waals surface area contributed by atoms with Gasteiger partial charge in [0.2, 0.25) is 5.91 Å². The number of halogens is 1. The lowest BCUT2D eigenvalue weighted by Crippen LogP contribution is -2.53. The van der Waals surface area contributed by atoms with Crippen LogP contribution in [0.5, 0.6) is 0 Å². The number of hydrogen-bond donors (Lipinski definition) is 1. The maximum absolute atomic E-state index is 12.5. The van der Waals surface area contributed by atoms with Crippen LogP contribution in [0.3, 0.4) is 0 Å². The van der Waals surface area contributed by atoms with Crippen molar-refractivity contribution in [3.8, 4) is 0 Å². The van der Waals surface area contributed by atoms with Gasteiger partial charge in [-0.05, 0) is 73.5 Å². The highest BCUT2D eigenvalue weighted by Gasteiger charge is 2.54. The van der Waals surface area contributed by atoms with E-state index < -0.39 is 0 Å². The van der Waals surface area contributed by atoms with E-state index in [4.69, 9.17) is 0 Å². The molecule has 0 saturated heterocycles. The first kappa shape index (κ1) is 13.2. The molecule has 4 aliphatic carbocycles. The van der Waals surface area contributed by atoms with E-state index in [0.717, 1.165) is 30.7 Å². The normalized spacial score (nSPS) is 41.1. The minimum absolute atomic E-state index is 0.0546. The molecule has 2 nitrogen and oxygen atoms in total. The van der Waals surface area contributed by atoms with Crippen LogP contribution in [0.4, 0.5) is 0 Å². The molecular formula is C15H24INO. The maximum Gasteiger partial charge on any atom is 0.226 e. The van der Waals surface area contributed by atoms with Crippen molar-refractivity contribution >= 4 is 28.5 Å². The Kier molecular flexibility index (Phi) is 3.88. The highest BCUT2D eigenvalue weighted by Crippen LogP contribution is 2.60. The minimum Gasteiger partial charge on any atom is -0.356 e. The Morgan fingerprint density at radius 3 is 2.11 bits per heavy atom. The molecule has 0 unspecified atom stereocenters. The molecule has 4 aliphatic rings. The van der Waals surface area contributed by atoms with Gasteiger partial charge < -0.3 is 5.32 Å². The van der Waals surface area contributed by atoms with Crippen LogP contribution in [0.25, 0.3) is 0 Å². The van der Waals surface area contributed by atoms with E-state index in [-0.39, 0.29) is 5.41 Å². The fourth-order valence-electron chi connectivity index (χ4n) is 5.00. The summed E-state index contributed by atoms with van der Waals surface area (Å²) in [5.74, 6) is 3.01. The molecule has 0 heterocycles. The largest absolute Gasteiger partial charge is 0.356 e. The van der Waals surface area contributed by atoms with Crippen LogP contribution >= 0.6 is 22.6 Å². The molecule has 0 aromatic heterocycles. The van der Waals surface area contributed by atoms with E-state index in [1.807, 2.05) is 0 Å². The lowest BCUT2D eigenvalue weighted by Gasteiger charge is -2.55. The molecule has 0 radical (unpaired) electrons. The standard InChI is InChI=1S/C15H24INO/c16-3-1-2-4-17-14(18)15-8-11-5-12(9-15)7-13(6-11)10-15/h11-13H,1-10H2,(H,17,18). The van der Waals surface area contributed by atoms with Gasteiger partial charge in [0, 0.05) is 12.0 Å². The molecular weight excluding hydrogens is 337 g/mol. The molecule has 18 heavy (non-hydrogen) atoms. The molecule has 4 bridgehead atoms. The smallest absolute Gasteiger partial charge is 0.226 e. The van der Waals surface area contributed by atoms with E-state index in [0.29, 0.717) is 5.91 Å². The number of hydrogen-bond acceptors (Lipinski definition) is 1. The lowest BCUT2D eigenvalue weighted by atomic mass is 9.49. The van der Waals surface area contributed by atoms with Crippen LogP contribution in [-0.2, 0) is 4.79 Å². The number of rotatable bonds is 5. The van der Waals surface area contributed by atoms with Crippen molar-refractivity contribution < 1.29 is 4.79 Å². The van der Waals surface area contributed by atoms with E-state index >= 15 is 0 Å². The second-order valence-electron chi connectivity index (χ2n) is 6.85. The van der Waals surface area contributed by atoms with Crippen LogP contribution in [0, 0.1) is 23.2 Å². The molecule has 4 rings (SSSR count). The van der Waals surface area contributed by atoms with Gasteiger partial charge in [0.1, 0.15) is 0 Å². The fraction of sp³-hybridized carbons (Fsp3) is 0.933. The molecule has 4 saturated carbocycles. The Labute approximate surface area is 124 Å². The summed E-state index contributed by atoms with van der Waals surface area (Å²) in [5, 5.41) is 3.23. The van der Waals surface area contributed by atoms with Crippen LogP contribution < -0.4 is 5.32 Å². The number of unbranched alkanes of at least 4 members (excludes halogenated alkanes) is 1. The number of alkyl halides is 1. The van der Waals surface area contributed by atoms with Gasteiger partial charge in [-0.15, -0.1) is 0 Å². The Morgan fingerprint density at radius 1 is 1.06 bits per heavy atom. The molecule has 1 N–H and O–H groups in total. The van der Waals surface area contributed by atoms with Gasteiger partial charge >= 0.3 is 0 Å². The van der Waals surface area contributed by atoms with Crippen molar-refractivity contribution in [3.05, 3.63) is 0 Å². The third-order valence-electron chi connectivity index (χ3n) is 5.37. The Bertz CT molecular complexity index is 293. The van der Waals surface area contributed by atoms with E-state index in [1.54, 1.807) is 0 Å². The molecule has 3 heteroatoms. The summed E-state index contributed by atoms with van der Waals surface area (Å²) in [4.78, 5) is 12.5. The average Bonchev–Trinajstić information content (AvgIpc) is 2.32. The number of nitrogens with one attached hydrogen (secondary N) is 1. The van der Waals surface area contributed by atoms with Crippen LogP contribution in [-0.4, -0.2) is 16.9 Å². The first-order valence-electron chi connectivity index (χ1n) is 7.56. The van der Waals surface area contributed by atoms with Crippen LogP contribution in [0.15, 0.2) is 0 Å². The number of carbonyl (C=O) groups excluding carboxylic acids is 1. The molecule has 4 fully saturated rings. The zero-order valence-electron chi connectivity index (χ0n) is 11.1. The second-order valence-corrected chi connectivity index (χ2v) is 7.93. The molecule has 0 aliphatic heterocycles. The summed E-state index contributed by atoms with van der Waals surface area (Å²) in [6, 6.07) is 0. The quantitative estimate of drug-likeness (QED) is 0.453. The number of amides is 1. The predicted molar refractivity (Wildman–Crippen MR) is 81.7 cm³/mol. The Morgan fingerprint density at radius 2 is 1.61 bits per heavy atom. The summed E-state index contributed by atoms with van der Waals surface area (Å²) in [6.07, 6.45) is 10.2. The summed E-state index contributed by atoms with van der Waals surface area (Å²) in [5.41, 5.74) is 0.0546. The van der Waals surface area contributed by atoms with Gasteiger partial charge in [-0.2, -0.15) is 0 Å². The summed E-state index contributed by atoms with van der Waals surface area (Å²) >= 11 is 2.41. The monoisotopic (exact) mass is 361 g/mol. The van der Waals surface area contributed by atoms with Crippen LogP contribution in [0.2, 0.25) is 0 Å². The topological polar surface area (TPSA) is 29.1 Å². The zero-order valence-corrected chi connectivity index (χ0v) is 13.2. The summed E-state index contributed by atoms with van der Waals surface area (Å²) < 4.78 is 1.20. The van der Waals surface area contributed by atoms with Gasteiger partial charge in [-0.1, -0.05) is 22.6 Å². The van der Waals surface area contributed by atoms with Gasteiger partial charge in [0.15, 0.2) is 0 Å². The van der Waals surface area contributed by atoms with Crippen LogP contribution in [0.1, 0.15) is 51.4 Å². The maximum atomic E-state index is 12.5. The van der Waals surface area contributed by atoms with Crippen molar-refractivity contribution in [2.24, 2.45) is 23.2 Å². The summed E-state index contributed by atoms with van der Waals surface area (Å²) in [7, 11) is 0. The molecule has 0 atom stereocenters. The summed E-state index contributed by atoms with van der Waals surface area (Å²) in [6.45, 7) is 0.892. The SMILES string of the molecule is O=C(NCCCCI)C12CC3CC(CC(C3)C1)C2. The molecule has 0 spiro atoms. The number of carbonyl (C=O) groups is 1. The third kappa shape index (κ3) is 2.44. The van der Waals surface area contributed by atoms with Crippen molar-refractivity contribution in [1.29, 1.82) is 0 Å². The lowest BCUT2D eigenvalue weighted by molar-refractivity contribution is -0.146. The van der Waals surface area contributed by atoms with Crippen molar-refractivity contribution in [1.82, 2.24) is 5.32 Å². The third-order valence-corrected chi connectivity index (χ3v) is 6.13. The molecule has 0 aromatic carbocycles. The first-order valence-corrected chi connectivity index (χ1v) is 9.09. The highest BCUT2D eigenvalue weighted by molar-refractivity contribution is 14.1. The molecule has 102 valence electrons. The van der Waals surface area contributed by atoms with Crippen molar-refractivity contribution in [2.75, 3.05) is 11.0 Å². The van der Waals surface area contributed by atoms with E-state index in [9.17, 15) is 4.79 Å². The van der Waals surface area contributed by atoms with Crippen molar-refractivity contribution in [3.63, 3.8) is 0 Å². The Hall–Kier alpha value is 0.200. The molecule has 0 aromatic rings. The Balaban J connectivity index is 1.59. The van der Waals surface area contributed by atoms with Gasteiger partial charge in [-0.3, -0.25) is 4.79 Å². The van der Waals surface area contributed by atoms with Gasteiger partial charge in [0.25, 0.3) is 0 Å². The second kappa shape index (κ2) is 5.29. The van der Waals surface area contributed by atoms with E-state index in [1.165, 1.54) is 49.4 Å². The zero-order chi connectivity index (χ0) is 12.6.